The molecule has 29 heavy (non-hydrogen) atoms. The van der Waals surface area contributed by atoms with Crippen molar-refractivity contribution in [1.82, 2.24) is 10.2 Å². The van der Waals surface area contributed by atoms with E-state index in [1.165, 1.54) is 11.6 Å². The van der Waals surface area contributed by atoms with Crippen molar-refractivity contribution in [1.29, 1.82) is 0 Å². The highest BCUT2D eigenvalue weighted by Gasteiger charge is 2.23. The number of ether oxygens (including phenoxy) is 2. The van der Waals surface area contributed by atoms with Crippen LogP contribution in [0.3, 0.4) is 0 Å². The number of nitrogens with zero attached hydrogens (tertiary/aromatic N) is 1. The molecule has 1 N–H and O–H groups in total. The summed E-state index contributed by atoms with van der Waals surface area (Å²) in [6.07, 6.45) is 4.22. The number of amides is 1. The average Bonchev–Trinajstić information content (AvgIpc) is 3.15. The smallest absolute Gasteiger partial charge is 0.244 e. The van der Waals surface area contributed by atoms with Gasteiger partial charge in [-0.3, -0.25) is 9.69 Å². The van der Waals surface area contributed by atoms with Crippen molar-refractivity contribution in [2.75, 3.05) is 26.8 Å². The molecule has 0 spiro atoms. The minimum absolute atomic E-state index is 0.111. The first-order valence-electron chi connectivity index (χ1n) is 9.84. The van der Waals surface area contributed by atoms with Crippen LogP contribution in [0.2, 0.25) is 5.02 Å². The fourth-order valence-corrected chi connectivity index (χ4v) is 3.75. The maximum atomic E-state index is 12.3. The quantitative estimate of drug-likeness (QED) is 0.659. The van der Waals surface area contributed by atoms with E-state index < -0.39 is 0 Å². The maximum Gasteiger partial charge on any atom is 0.244 e. The normalized spacial score (nSPS) is 16.9. The largest absolute Gasteiger partial charge is 0.493 e. The Labute approximate surface area is 177 Å². The van der Waals surface area contributed by atoms with Gasteiger partial charge in [-0.1, -0.05) is 41.9 Å². The molecule has 1 unspecified atom stereocenters. The molecule has 5 nitrogen and oxygen atoms in total. The Morgan fingerprint density at radius 1 is 1.31 bits per heavy atom. The second-order valence-corrected chi connectivity index (χ2v) is 7.42. The molecule has 154 valence electrons. The van der Waals surface area contributed by atoms with Crippen molar-refractivity contribution in [3.8, 4) is 11.5 Å². The predicted molar refractivity (Wildman–Crippen MR) is 116 cm³/mol. The van der Waals surface area contributed by atoms with Gasteiger partial charge in [0, 0.05) is 31.8 Å². The topological polar surface area (TPSA) is 50.8 Å². The fraction of sp³-hybridized carbons (Fsp3) is 0.348. The third kappa shape index (κ3) is 5.99. The molecule has 1 atom stereocenters. The zero-order valence-electron chi connectivity index (χ0n) is 16.9. The molecule has 2 aromatic rings. The van der Waals surface area contributed by atoms with Crippen LogP contribution in [0.4, 0.5) is 0 Å². The zero-order chi connectivity index (χ0) is 20.6. The van der Waals surface area contributed by atoms with Crippen LogP contribution in [0.1, 0.15) is 24.5 Å². The van der Waals surface area contributed by atoms with Crippen LogP contribution in [-0.4, -0.2) is 43.7 Å². The third-order valence-electron chi connectivity index (χ3n) is 4.84. The Morgan fingerprint density at radius 3 is 2.83 bits per heavy atom. The Balaban J connectivity index is 1.54. The maximum absolute atomic E-state index is 12.3. The summed E-state index contributed by atoms with van der Waals surface area (Å²) >= 11 is 6.28. The first-order valence-corrected chi connectivity index (χ1v) is 10.2. The molecule has 1 fully saturated rings. The van der Waals surface area contributed by atoms with Crippen LogP contribution in [0, 0.1) is 0 Å². The van der Waals surface area contributed by atoms with Gasteiger partial charge in [0.1, 0.15) is 0 Å². The minimum atomic E-state index is -0.111. The summed E-state index contributed by atoms with van der Waals surface area (Å²) in [6.45, 7) is 5.13. The first kappa shape index (κ1) is 21.2. The van der Waals surface area contributed by atoms with Gasteiger partial charge in [0.2, 0.25) is 5.91 Å². The lowest BCUT2D eigenvalue weighted by Crippen LogP contribution is -2.35. The number of methoxy groups -OCH3 is 1. The molecule has 1 aliphatic rings. The molecule has 1 aliphatic heterocycles. The van der Waals surface area contributed by atoms with Crippen molar-refractivity contribution in [2.24, 2.45) is 0 Å². The summed E-state index contributed by atoms with van der Waals surface area (Å²) in [5, 5.41) is 3.54. The number of carbonyl (C=O) groups excluding carboxylic acids is 1. The van der Waals surface area contributed by atoms with Gasteiger partial charge < -0.3 is 14.8 Å². The molecule has 0 aliphatic carbocycles. The van der Waals surface area contributed by atoms with Crippen LogP contribution < -0.4 is 14.8 Å². The lowest BCUT2D eigenvalue weighted by atomic mass is 10.1. The molecule has 1 amide bonds. The molecule has 3 rings (SSSR count). The number of halogens is 1. The summed E-state index contributed by atoms with van der Waals surface area (Å²) in [5.41, 5.74) is 2.07. The Morgan fingerprint density at radius 2 is 2.10 bits per heavy atom. The van der Waals surface area contributed by atoms with Gasteiger partial charge in [0.25, 0.3) is 0 Å². The van der Waals surface area contributed by atoms with Crippen molar-refractivity contribution in [2.45, 2.75) is 25.9 Å². The van der Waals surface area contributed by atoms with E-state index in [-0.39, 0.29) is 11.9 Å². The second kappa shape index (κ2) is 10.3. The molecule has 6 heteroatoms. The van der Waals surface area contributed by atoms with E-state index in [4.69, 9.17) is 21.1 Å². The summed E-state index contributed by atoms with van der Waals surface area (Å²) in [7, 11) is 1.57. The molecular formula is C23H27ClN2O3. The molecule has 1 heterocycles. The number of likely N-dealkylation sites (tertiary alicyclic amines) is 1. The Bertz CT molecular complexity index is 855. The van der Waals surface area contributed by atoms with Gasteiger partial charge in [0.15, 0.2) is 11.5 Å². The summed E-state index contributed by atoms with van der Waals surface area (Å²) in [6, 6.07) is 14.1. The third-order valence-corrected chi connectivity index (χ3v) is 5.12. The number of carbonyl (C=O) groups is 1. The van der Waals surface area contributed by atoms with Crippen molar-refractivity contribution >= 4 is 23.6 Å². The van der Waals surface area contributed by atoms with Crippen LogP contribution >= 0.6 is 11.6 Å². The van der Waals surface area contributed by atoms with Gasteiger partial charge >= 0.3 is 0 Å². The minimum Gasteiger partial charge on any atom is -0.493 e. The van der Waals surface area contributed by atoms with E-state index in [1.807, 2.05) is 13.0 Å². The molecule has 0 aromatic heterocycles. The first-order chi connectivity index (χ1) is 14.1. The average molecular weight is 415 g/mol. The highest BCUT2D eigenvalue weighted by Crippen LogP contribution is 2.36. The number of rotatable bonds is 8. The molecule has 1 saturated heterocycles. The van der Waals surface area contributed by atoms with Gasteiger partial charge in [-0.25, -0.2) is 0 Å². The Kier molecular flexibility index (Phi) is 7.55. The van der Waals surface area contributed by atoms with Gasteiger partial charge in [-0.15, -0.1) is 0 Å². The Hall–Kier alpha value is -2.50. The van der Waals surface area contributed by atoms with Crippen molar-refractivity contribution < 1.29 is 14.3 Å². The highest BCUT2D eigenvalue weighted by atomic mass is 35.5. The monoisotopic (exact) mass is 414 g/mol. The lowest BCUT2D eigenvalue weighted by Gasteiger charge is -2.16. The summed E-state index contributed by atoms with van der Waals surface area (Å²) in [5.74, 6) is 0.954. The summed E-state index contributed by atoms with van der Waals surface area (Å²) in [4.78, 5) is 14.7. The van der Waals surface area contributed by atoms with Crippen molar-refractivity contribution in [3.63, 3.8) is 0 Å². The zero-order valence-corrected chi connectivity index (χ0v) is 17.6. The number of hydrogen-bond acceptors (Lipinski definition) is 4. The predicted octanol–water partition coefficient (Wildman–Crippen LogP) is 4.15. The number of nitrogens with one attached hydrogen (secondary N) is 1. The van der Waals surface area contributed by atoms with E-state index in [0.717, 1.165) is 31.6 Å². The van der Waals surface area contributed by atoms with Gasteiger partial charge in [0.05, 0.1) is 18.7 Å². The van der Waals surface area contributed by atoms with E-state index in [9.17, 15) is 4.79 Å². The highest BCUT2D eigenvalue weighted by molar-refractivity contribution is 6.32. The van der Waals surface area contributed by atoms with E-state index in [2.05, 4.69) is 34.5 Å². The van der Waals surface area contributed by atoms with E-state index in [0.29, 0.717) is 23.1 Å². The molecular weight excluding hydrogens is 388 g/mol. The van der Waals surface area contributed by atoms with Crippen LogP contribution in [-0.2, 0) is 11.3 Å². The standard InChI is InChI=1S/C23H27ClN2O3/c1-3-29-23-20(24)13-18(14-21(23)28-2)9-10-22(27)25-19-11-12-26(16-19)15-17-7-5-4-6-8-17/h4-10,13-14,19H,3,11-12,15-16H2,1-2H3,(H,25,27). The molecule has 0 bridgehead atoms. The van der Waals surface area contributed by atoms with E-state index >= 15 is 0 Å². The summed E-state index contributed by atoms with van der Waals surface area (Å²) < 4.78 is 10.9. The molecule has 0 radical (unpaired) electrons. The van der Waals surface area contributed by atoms with Crippen LogP contribution in [0.5, 0.6) is 11.5 Å². The molecule has 0 saturated carbocycles. The van der Waals surface area contributed by atoms with Crippen molar-refractivity contribution in [3.05, 3.63) is 64.7 Å². The van der Waals surface area contributed by atoms with Gasteiger partial charge in [-0.2, -0.15) is 0 Å². The van der Waals surface area contributed by atoms with Crippen LogP contribution in [0.25, 0.3) is 6.08 Å². The molecule has 2 aromatic carbocycles. The van der Waals surface area contributed by atoms with E-state index in [1.54, 1.807) is 25.3 Å². The van der Waals surface area contributed by atoms with Crippen LogP contribution in [0.15, 0.2) is 48.5 Å². The lowest BCUT2D eigenvalue weighted by molar-refractivity contribution is -0.117. The number of benzene rings is 2. The van der Waals surface area contributed by atoms with Gasteiger partial charge in [-0.05, 0) is 42.7 Å². The number of hydrogen-bond donors (Lipinski definition) is 1. The second-order valence-electron chi connectivity index (χ2n) is 7.02. The fourth-order valence-electron chi connectivity index (χ4n) is 3.48. The SMILES string of the molecule is CCOc1c(Cl)cc(C=CC(=O)NC2CCN(Cc3ccccc3)C2)cc1OC.